The van der Waals surface area contributed by atoms with Crippen molar-refractivity contribution in [2.24, 2.45) is 5.41 Å². The van der Waals surface area contributed by atoms with Gasteiger partial charge in [0.05, 0.1) is 6.10 Å². The summed E-state index contributed by atoms with van der Waals surface area (Å²) in [6.45, 7) is 12.5. The molecule has 1 amide bonds. The Morgan fingerprint density at radius 3 is 2.20 bits per heavy atom. The Bertz CT molecular complexity index is 194. The van der Waals surface area contributed by atoms with Crippen molar-refractivity contribution in [3.63, 3.8) is 0 Å². The second-order valence-corrected chi connectivity index (χ2v) is 5.33. The molecule has 0 heterocycles. The molecule has 90 valence electrons. The molecule has 0 bridgehead atoms. The summed E-state index contributed by atoms with van der Waals surface area (Å²) in [5, 5.41) is 2.97. The molecular weight excluding hydrogens is 190 g/mol. The number of ether oxygens (including phenoxy) is 1. The number of carbonyl (C=O) groups is 1. The van der Waals surface area contributed by atoms with E-state index in [4.69, 9.17) is 4.74 Å². The van der Waals surface area contributed by atoms with Crippen LogP contribution in [0.4, 0.5) is 0 Å². The first-order valence-corrected chi connectivity index (χ1v) is 5.66. The van der Waals surface area contributed by atoms with Crippen LogP contribution < -0.4 is 5.32 Å². The zero-order chi connectivity index (χ0) is 12.1. The fraction of sp³-hybridized carbons (Fsp3) is 0.917. The molecule has 0 aromatic carbocycles. The number of rotatable bonds is 5. The lowest BCUT2D eigenvalue weighted by Gasteiger charge is -2.22. The summed E-state index contributed by atoms with van der Waals surface area (Å²) >= 11 is 0. The van der Waals surface area contributed by atoms with Gasteiger partial charge in [-0.1, -0.05) is 20.8 Å². The van der Waals surface area contributed by atoms with E-state index in [9.17, 15) is 4.79 Å². The summed E-state index contributed by atoms with van der Waals surface area (Å²) in [4.78, 5) is 11.6. The third-order valence-electron chi connectivity index (χ3n) is 2.06. The minimum absolute atomic E-state index is 0.0968. The summed E-state index contributed by atoms with van der Waals surface area (Å²) in [5.41, 5.74) is -0.312. The van der Waals surface area contributed by atoms with Crippen molar-refractivity contribution < 1.29 is 9.53 Å². The van der Waals surface area contributed by atoms with Crippen LogP contribution in [0.2, 0.25) is 0 Å². The fourth-order valence-electron chi connectivity index (χ4n) is 0.993. The standard InChI is InChI=1S/C12H25NO2/c1-9(2)15-8-7-10(3)13-11(14)12(4,5)6/h9-10H,7-8H2,1-6H3,(H,13,14). The lowest BCUT2D eigenvalue weighted by molar-refractivity contribution is -0.129. The van der Waals surface area contributed by atoms with E-state index in [1.54, 1.807) is 0 Å². The van der Waals surface area contributed by atoms with Crippen molar-refractivity contribution in [3.05, 3.63) is 0 Å². The van der Waals surface area contributed by atoms with Gasteiger partial charge in [0.25, 0.3) is 0 Å². The predicted octanol–water partition coefficient (Wildman–Crippen LogP) is 2.35. The fourth-order valence-corrected chi connectivity index (χ4v) is 0.993. The Hall–Kier alpha value is -0.570. The van der Waals surface area contributed by atoms with E-state index in [2.05, 4.69) is 5.32 Å². The zero-order valence-electron chi connectivity index (χ0n) is 10.9. The first-order chi connectivity index (χ1) is 6.73. The van der Waals surface area contributed by atoms with Crippen LogP contribution in [0.1, 0.15) is 48.0 Å². The second-order valence-electron chi connectivity index (χ2n) is 5.33. The highest BCUT2D eigenvalue weighted by atomic mass is 16.5. The second kappa shape index (κ2) is 6.11. The van der Waals surface area contributed by atoms with E-state index in [1.807, 2.05) is 41.5 Å². The number of amides is 1. The lowest BCUT2D eigenvalue weighted by atomic mass is 9.95. The zero-order valence-corrected chi connectivity index (χ0v) is 10.9. The molecule has 0 aliphatic rings. The van der Waals surface area contributed by atoms with Crippen LogP contribution in [0.15, 0.2) is 0 Å². The SMILES string of the molecule is CC(CCOC(C)C)NC(=O)C(C)(C)C. The van der Waals surface area contributed by atoms with Gasteiger partial charge in [0.15, 0.2) is 0 Å². The first-order valence-electron chi connectivity index (χ1n) is 5.66. The Morgan fingerprint density at radius 2 is 1.80 bits per heavy atom. The van der Waals surface area contributed by atoms with E-state index < -0.39 is 0 Å². The monoisotopic (exact) mass is 215 g/mol. The lowest BCUT2D eigenvalue weighted by Crippen LogP contribution is -2.40. The number of hydrogen-bond donors (Lipinski definition) is 1. The van der Waals surface area contributed by atoms with Crippen LogP contribution in [-0.2, 0) is 9.53 Å². The maximum absolute atomic E-state index is 11.6. The average molecular weight is 215 g/mol. The molecule has 0 saturated carbocycles. The van der Waals surface area contributed by atoms with Gasteiger partial charge in [-0.05, 0) is 27.2 Å². The molecule has 3 heteroatoms. The molecule has 0 aliphatic carbocycles. The van der Waals surface area contributed by atoms with Crippen LogP contribution in [0, 0.1) is 5.41 Å². The highest BCUT2D eigenvalue weighted by Gasteiger charge is 2.22. The molecule has 0 spiro atoms. The van der Waals surface area contributed by atoms with Gasteiger partial charge in [-0.15, -0.1) is 0 Å². The molecule has 0 aliphatic heterocycles. The molecule has 3 nitrogen and oxygen atoms in total. The van der Waals surface area contributed by atoms with Crippen LogP contribution in [0.5, 0.6) is 0 Å². The summed E-state index contributed by atoms with van der Waals surface area (Å²) in [6, 6.07) is 0.176. The van der Waals surface area contributed by atoms with Gasteiger partial charge in [-0.3, -0.25) is 4.79 Å². The molecule has 0 aromatic heterocycles. The normalized spacial score (nSPS) is 14.1. The van der Waals surface area contributed by atoms with Crippen molar-refractivity contribution >= 4 is 5.91 Å². The summed E-state index contributed by atoms with van der Waals surface area (Å²) < 4.78 is 5.43. The maximum Gasteiger partial charge on any atom is 0.225 e. The molecular formula is C12H25NO2. The highest BCUT2D eigenvalue weighted by Crippen LogP contribution is 2.13. The number of carbonyl (C=O) groups excluding carboxylic acids is 1. The molecule has 0 saturated heterocycles. The molecule has 1 atom stereocenters. The third-order valence-corrected chi connectivity index (χ3v) is 2.06. The molecule has 1 N–H and O–H groups in total. The van der Waals surface area contributed by atoms with E-state index >= 15 is 0 Å². The summed E-state index contributed by atoms with van der Waals surface area (Å²) in [7, 11) is 0. The third kappa shape index (κ3) is 7.37. The predicted molar refractivity (Wildman–Crippen MR) is 62.8 cm³/mol. The van der Waals surface area contributed by atoms with Gasteiger partial charge >= 0.3 is 0 Å². The summed E-state index contributed by atoms with van der Waals surface area (Å²) in [6.07, 6.45) is 1.12. The Labute approximate surface area is 93.6 Å². The molecule has 15 heavy (non-hydrogen) atoms. The van der Waals surface area contributed by atoms with Gasteiger partial charge in [0.1, 0.15) is 0 Å². The topological polar surface area (TPSA) is 38.3 Å². The van der Waals surface area contributed by atoms with Gasteiger partial charge in [-0.25, -0.2) is 0 Å². The number of nitrogens with one attached hydrogen (secondary N) is 1. The van der Waals surface area contributed by atoms with Crippen molar-refractivity contribution in [1.29, 1.82) is 0 Å². The van der Waals surface area contributed by atoms with Gasteiger partial charge in [0.2, 0.25) is 5.91 Å². The van der Waals surface area contributed by atoms with Gasteiger partial charge in [-0.2, -0.15) is 0 Å². The minimum Gasteiger partial charge on any atom is -0.379 e. The summed E-state index contributed by atoms with van der Waals surface area (Å²) in [5.74, 6) is 0.0968. The van der Waals surface area contributed by atoms with Crippen molar-refractivity contribution in [1.82, 2.24) is 5.32 Å². The van der Waals surface area contributed by atoms with E-state index in [-0.39, 0.29) is 23.5 Å². The quantitative estimate of drug-likeness (QED) is 0.764. The smallest absolute Gasteiger partial charge is 0.225 e. The van der Waals surface area contributed by atoms with E-state index in [0.717, 1.165) is 6.42 Å². The molecule has 0 fully saturated rings. The van der Waals surface area contributed by atoms with Crippen molar-refractivity contribution in [2.45, 2.75) is 60.1 Å². The van der Waals surface area contributed by atoms with Crippen molar-refractivity contribution in [2.75, 3.05) is 6.61 Å². The van der Waals surface area contributed by atoms with Crippen LogP contribution >= 0.6 is 0 Å². The van der Waals surface area contributed by atoms with Crippen LogP contribution in [0.25, 0.3) is 0 Å². The van der Waals surface area contributed by atoms with E-state index in [0.29, 0.717) is 6.61 Å². The van der Waals surface area contributed by atoms with Crippen LogP contribution in [0.3, 0.4) is 0 Å². The molecule has 0 rings (SSSR count). The minimum atomic E-state index is -0.312. The molecule has 0 aromatic rings. The Balaban J connectivity index is 3.75. The maximum atomic E-state index is 11.6. The molecule has 1 unspecified atom stereocenters. The largest absolute Gasteiger partial charge is 0.379 e. The van der Waals surface area contributed by atoms with Crippen molar-refractivity contribution in [3.8, 4) is 0 Å². The van der Waals surface area contributed by atoms with E-state index in [1.165, 1.54) is 0 Å². The Kier molecular flexibility index (Phi) is 5.88. The highest BCUT2D eigenvalue weighted by molar-refractivity contribution is 5.81. The van der Waals surface area contributed by atoms with Gasteiger partial charge < -0.3 is 10.1 Å². The Morgan fingerprint density at radius 1 is 1.27 bits per heavy atom. The number of hydrogen-bond acceptors (Lipinski definition) is 2. The molecule has 0 radical (unpaired) electrons. The first kappa shape index (κ1) is 14.4. The van der Waals surface area contributed by atoms with Crippen LogP contribution in [-0.4, -0.2) is 24.7 Å². The average Bonchev–Trinajstić information content (AvgIpc) is 2.01. The van der Waals surface area contributed by atoms with Gasteiger partial charge in [0, 0.05) is 18.1 Å².